The van der Waals surface area contributed by atoms with Gasteiger partial charge in [-0.15, -0.1) is 0 Å². The highest BCUT2D eigenvalue weighted by molar-refractivity contribution is 8.00. The molecule has 44 heavy (non-hydrogen) atoms. The third-order valence-electron chi connectivity index (χ3n) is 8.98. The highest BCUT2D eigenvalue weighted by atomic mass is 32.2. The molecule has 2 saturated carbocycles. The zero-order valence-corrected chi connectivity index (χ0v) is 27.9. The molecule has 0 bridgehead atoms. The summed E-state index contributed by atoms with van der Waals surface area (Å²) in [4.78, 5) is 25.9. The van der Waals surface area contributed by atoms with Gasteiger partial charge in [0.05, 0.1) is 18.3 Å². The molecule has 0 radical (unpaired) electrons. The van der Waals surface area contributed by atoms with Crippen molar-refractivity contribution in [1.82, 2.24) is 24.0 Å². The lowest BCUT2D eigenvalue weighted by molar-refractivity contribution is 0.0612. The predicted octanol–water partition coefficient (Wildman–Crippen LogP) is 6.62. The molecule has 1 amide bonds. The largest absolute Gasteiger partial charge is 0.494 e. The van der Waals surface area contributed by atoms with Crippen molar-refractivity contribution in [3.05, 3.63) is 35.9 Å². The van der Waals surface area contributed by atoms with Crippen molar-refractivity contribution in [3.8, 4) is 17.3 Å². The Bertz CT molecular complexity index is 1650. The van der Waals surface area contributed by atoms with Gasteiger partial charge in [-0.05, 0) is 81.7 Å². The second-order valence-electron chi connectivity index (χ2n) is 12.8. The van der Waals surface area contributed by atoms with Gasteiger partial charge >= 0.3 is 0 Å². The quantitative estimate of drug-likeness (QED) is 0.222. The van der Waals surface area contributed by atoms with Crippen LogP contribution >= 0.6 is 11.9 Å². The van der Waals surface area contributed by atoms with E-state index >= 15 is 0 Å². The van der Waals surface area contributed by atoms with E-state index in [0.29, 0.717) is 29.8 Å². The summed E-state index contributed by atoms with van der Waals surface area (Å²) in [5.74, 6) is 3.16. The number of anilines is 1. The standard InChI is InChI=1S/C31H39N7O2S.C3H8/c1-18-5-9-22(32)17-36(18)31(39)21-13-24-28(26(15-21)40-3)35(2)30(33-24)25-14-20-8-12-27(38(41-4)23-10-11-23)34-29(20)37(25)16-19-6-7-19;1-3-2/h8,12-15,18-19,22-23H,5-7,9-11,16-17,32H2,1-4H3;3H2,1-2H3. The van der Waals surface area contributed by atoms with E-state index in [-0.39, 0.29) is 18.0 Å². The topological polar surface area (TPSA) is 94.4 Å². The van der Waals surface area contributed by atoms with E-state index in [1.54, 1.807) is 19.1 Å². The highest BCUT2D eigenvalue weighted by Gasteiger charge is 2.32. The van der Waals surface area contributed by atoms with Gasteiger partial charge in [-0.3, -0.25) is 9.10 Å². The van der Waals surface area contributed by atoms with Crippen LogP contribution < -0.4 is 14.8 Å². The maximum atomic E-state index is 13.7. The molecule has 0 spiro atoms. The Morgan fingerprint density at radius 2 is 1.84 bits per heavy atom. The Kier molecular flexibility index (Phi) is 8.84. The van der Waals surface area contributed by atoms with Crippen molar-refractivity contribution in [2.45, 2.75) is 90.4 Å². The number of imidazole rings is 1. The normalized spacial score (nSPS) is 20.1. The maximum Gasteiger partial charge on any atom is 0.254 e. The summed E-state index contributed by atoms with van der Waals surface area (Å²) in [6.07, 6.45) is 10.2. The SMILES string of the molecule is CCC.COc1cc(C(=O)N2CC(N)CCC2C)cc2nc(-c3cc4ccc(N(SC)C5CC5)nc4n3CC3CC3)n(C)c12. The number of methoxy groups -OCH3 is 1. The third kappa shape index (κ3) is 5.90. The summed E-state index contributed by atoms with van der Waals surface area (Å²) in [7, 11) is 3.68. The van der Waals surface area contributed by atoms with Crippen LogP contribution in [0.2, 0.25) is 0 Å². The van der Waals surface area contributed by atoms with Crippen molar-refractivity contribution < 1.29 is 9.53 Å². The zero-order chi connectivity index (χ0) is 31.1. The number of fused-ring (bicyclic) bond motifs is 2. The lowest BCUT2D eigenvalue weighted by atomic mass is 9.99. The molecule has 1 saturated heterocycles. The van der Waals surface area contributed by atoms with Crippen LogP contribution in [0.1, 0.15) is 76.1 Å². The third-order valence-corrected chi connectivity index (χ3v) is 9.86. The monoisotopic (exact) mass is 617 g/mol. The number of aryl methyl sites for hydroxylation is 1. The Morgan fingerprint density at radius 3 is 2.50 bits per heavy atom. The molecule has 4 heterocycles. The molecule has 3 aliphatic rings. The number of nitrogens with two attached hydrogens (primary N) is 1. The molecule has 3 aromatic heterocycles. The van der Waals surface area contributed by atoms with Gasteiger partial charge in [-0.25, -0.2) is 9.97 Å². The summed E-state index contributed by atoms with van der Waals surface area (Å²) >= 11 is 1.75. The molecule has 3 fully saturated rings. The van der Waals surface area contributed by atoms with Crippen molar-refractivity contribution in [2.24, 2.45) is 18.7 Å². The molecule has 2 atom stereocenters. The smallest absolute Gasteiger partial charge is 0.254 e. The molecule has 1 aromatic carbocycles. The summed E-state index contributed by atoms with van der Waals surface area (Å²) in [6.45, 7) is 7.84. The van der Waals surface area contributed by atoms with Crippen molar-refractivity contribution in [3.63, 3.8) is 0 Å². The Balaban J connectivity index is 0.00000110. The van der Waals surface area contributed by atoms with Crippen LogP contribution in [0.25, 0.3) is 33.6 Å². The van der Waals surface area contributed by atoms with E-state index in [1.165, 1.54) is 32.1 Å². The van der Waals surface area contributed by atoms with Crippen molar-refractivity contribution in [1.29, 1.82) is 0 Å². The molecule has 7 rings (SSSR count). The summed E-state index contributed by atoms with van der Waals surface area (Å²) in [5.41, 5.74) is 10.5. The van der Waals surface area contributed by atoms with Crippen LogP contribution in [-0.2, 0) is 13.6 Å². The number of pyridine rings is 1. The van der Waals surface area contributed by atoms with Gasteiger partial charge in [0.1, 0.15) is 22.7 Å². The molecule has 10 heteroatoms. The lowest BCUT2D eigenvalue weighted by Crippen LogP contribution is -2.50. The fourth-order valence-electron chi connectivity index (χ4n) is 6.31. The summed E-state index contributed by atoms with van der Waals surface area (Å²) in [5, 5.41) is 1.12. The first-order valence-corrected chi connectivity index (χ1v) is 17.4. The number of ether oxygens (including phenoxy) is 1. The Labute approximate surface area is 265 Å². The number of piperidine rings is 1. The molecule has 2 aliphatic carbocycles. The van der Waals surface area contributed by atoms with Crippen LogP contribution in [0.5, 0.6) is 5.75 Å². The van der Waals surface area contributed by atoms with Gasteiger partial charge in [0.25, 0.3) is 5.91 Å². The van der Waals surface area contributed by atoms with Gasteiger partial charge < -0.3 is 24.5 Å². The van der Waals surface area contributed by atoms with Crippen LogP contribution in [0, 0.1) is 5.92 Å². The van der Waals surface area contributed by atoms with E-state index in [9.17, 15) is 4.79 Å². The van der Waals surface area contributed by atoms with Gasteiger partial charge in [0.2, 0.25) is 0 Å². The lowest BCUT2D eigenvalue weighted by Gasteiger charge is -2.36. The number of amides is 1. The first-order chi connectivity index (χ1) is 21.3. The number of aromatic nitrogens is 4. The fraction of sp³-hybridized carbons (Fsp3) is 0.559. The Hall–Kier alpha value is -3.24. The van der Waals surface area contributed by atoms with Gasteiger partial charge in [-0.2, -0.15) is 0 Å². The van der Waals surface area contributed by atoms with Crippen LogP contribution in [-0.4, -0.2) is 67.9 Å². The molecule has 2 N–H and O–H groups in total. The molecule has 2 unspecified atom stereocenters. The zero-order valence-electron chi connectivity index (χ0n) is 27.0. The van der Waals surface area contributed by atoms with Crippen LogP contribution in [0.15, 0.2) is 30.3 Å². The van der Waals surface area contributed by atoms with Gasteiger partial charge in [0, 0.05) is 55.5 Å². The molecule has 1 aliphatic heterocycles. The average Bonchev–Trinajstić information content (AvgIpc) is 3.95. The highest BCUT2D eigenvalue weighted by Crippen LogP contribution is 2.40. The molecular formula is C34H47N7O2S. The number of hydrogen-bond donors (Lipinski definition) is 1. The average molecular weight is 618 g/mol. The summed E-state index contributed by atoms with van der Waals surface area (Å²) in [6, 6.07) is 11.1. The van der Waals surface area contributed by atoms with E-state index in [0.717, 1.165) is 58.8 Å². The number of nitrogens with zero attached hydrogens (tertiary/aromatic N) is 6. The second-order valence-corrected chi connectivity index (χ2v) is 13.6. The minimum absolute atomic E-state index is 0.0111. The number of rotatable bonds is 8. The van der Waals surface area contributed by atoms with E-state index in [4.69, 9.17) is 20.4 Å². The minimum atomic E-state index is -0.0198. The predicted molar refractivity (Wildman–Crippen MR) is 181 cm³/mol. The molecule has 236 valence electrons. The number of hydrogen-bond acceptors (Lipinski definition) is 7. The van der Waals surface area contributed by atoms with E-state index < -0.39 is 0 Å². The van der Waals surface area contributed by atoms with E-state index in [1.807, 2.05) is 24.1 Å². The maximum absolute atomic E-state index is 13.7. The molecular weight excluding hydrogens is 570 g/mol. The van der Waals surface area contributed by atoms with Crippen molar-refractivity contribution >= 4 is 45.7 Å². The first kappa shape index (κ1) is 30.8. The second kappa shape index (κ2) is 12.6. The van der Waals surface area contributed by atoms with Crippen LogP contribution in [0.3, 0.4) is 0 Å². The van der Waals surface area contributed by atoms with Gasteiger partial charge in [-0.1, -0.05) is 32.2 Å². The molecule has 4 aromatic rings. The van der Waals surface area contributed by atoms with E-state index in [2.05, 4.69) is 58.7 Å². The number of carbonyl (C=O) groups excluding carboxylic acids is 1. The van der Waals surface area contributed by atoms with Gasteiger partial charge in [0.15, 0.2) is 5.82 Å². The minimum Gasteiger partial charge on any atom is -0.494 e. The van der Waals surface area contributed by atoms with Crippen molar-refractivity contribution in [2.75, 3.05) is 24.2 Å². The summed E-state index contributed by atoms with van der Waals surface area (Å²) < 4.78 is 12.7. The Morgan fingerprint density at radius 1 is 1.09 bits per heavy atom. The number of carbonyl (C=O) groups is 1. The number of likely N-dealkylation sites (tertiary alicyclic amines) is 1. The number of benzene rings is 1. The van der Waals surface area contributed by atoms with Crippen LogP contribution in [0.4, 0.5) is 5.82 Å². The first-order valence-electron chi connectivity index (χ1n) is 16.2. The fourth-order valence-corrected chi connectivity index (χ4v) is 7.11. The molecule has 9 nitrogen and oxygen atoms in total.